The van der Waals surface area contributed by atoms with Gasteiger partial charge in [-0.3, -0.25) is 0 Å². The summed E-state index contributed by atoms with van der Waals surface area (Å²) in [5.41, 5.74) is 3.47. The molecule has 1 nitrogen and oxygen atoms in total. The summed E-state index contributed by atoms with van der Waals surface area (Å²) in [5, 5.41) is 0. The predicted molar refractivity (Wildman–Crippen MR) is 84.9 cm³/mol. The molecule has 98 valence electrons. The van der Waals surface area contributed by atoms with Crippen LogP contribution in [0.4, 0.5) is 0 Å². The molecule has 0 atom stereocenters. The van der Waals surface area contributed by atoms with Crippen LogP contribution < -0.4 is 4.46 Å². The first-order valence-corrected chi connectivity index (χ1v) is 8.22. The fourth-order valence-electron chi connectivity index (χ4n) is 2.24. The molecule has 1 aliphatic heterocycles. The summed E-state index contributed by atoms with van der Waals surface area (Å²) in [6.45, 7) is 1.60. The van der Waals surface area contributed by atoms with E-state index in [0.29, 0.717) is 0 Å². The quantitative estimate of drug-likeness (QED) is 0.613. The second-order valence-electron chi connectivity index (χ2n) is 4.68. The Balaban J connectivity index is 2.12. The zero-order chi connectivity index (χ0) is 13.9. The molecule has 0 aromatic heterocycles. The molecule has 2 heteroatoms. The molecule has 20 heavy (non-hydrogen) atoms. The normalized spacial score (nSPS) is 15.7. The summed E-state index contributed by atoms with van der Waals surface area (Å²) in [6, 6.07) is 18.8. The van der Waals surface area contributed by atoms with E-state index in [1.807, 2.05) is 12.1 Å². The van der Waals surface area contributed by atoms with E-state index in [9.17, 15) is 4.79 Å². The first-order valence-electron chi connectivity index (χ1n) is 6.51. The molecule has 0 radical (unpaired) electrons. The summed E-state index contributed by atoms with van der Waals surface area (Å²) >= 11 is 0.284. The van der Waals surface area contributed by atoms with Crippen LogP contribution in [0.3, 0.4) is 0 Å². The molecule has 0 unspecified atom stereocenters. The molecule has 2 aromatic rings. The molecule has 0 saturated heterocycles. The van der Waals surface area contributed by atoms with Crippen molar-refractivity contribution in [1.82, 2.24) is 0 Å². The van der Waals surface area contributed by atoms with Gasteiger partial charge in [-0.15, -0.1) is 0 Å². The number of carbonyl (C=O) groups is 1. The first-order chi connectivity index (χ1) is 9.74. The van der Waals surface area contributed by atoms with Crippen LogP contribution in [0, 0.1) is 0 Å². The van der Waals surface area contributed by atoms with Gasteiger partial charge in [0.05, 0.1) is 0 Å². The van der Waals surface area contributed by atoms with Gasteiger partial charge < -0.3 is 0 Å². The molecule has 0 fully saturated rings. The van der Waals surface area contributed by atoms with Crippen molar-refractivity contribution in [3.8, 4) is 0 Å². The van der Waals surface area contributed by atoms with Crippen molar-refractivity contribution in [3.63, 3.8) is 0 Å². The maximum atomic E-state index is 11.5. The van der Waals surface area contributed by atoms with Crippen LogP contribution >= 0.6 is 0 Å². The Labute approximate surface area is 125 Å². The molecule has 0 bridgehead atoms. The number of hydrogen-bond acceptors (Lipinski definition) is 1. The number of rotatable bonds is 2. The Hall–Kier alpha value is -1.89. The van der Waals surface area contributed by atoms with Crippen molar-refractivity contribution in [2.24, 2.45) is 0 Å². The SMILES string of the molecule is CC(=O)/C=C1/C=C(c2ccccc2)[Se]c2ccccc21. The molecule has 0 aliphatic carbocycles. The van der Waals surface area contributed by atoms with Crippen LogP contribution in [0.2, 0.25) is 0 Å². The summed E-state index contributed by atoms with van der Waals surface area (Å²) < 4.78 is 2.66. The van der Waals surface area contributed by atoms with E-state index in [1.165, 1.54) is 20.1 Å². The molecule has 0 saturated carbocycles. The van der Waals surface area contributed by atoms with Crippen LogP contribution in [0.25, 0.3) is 10.0 Å². The van der Waals surface area contributed by atoms with E-state index in [2.05, 4.69) is 48.5 Å². The topological polar surface area (TPSA) is 17.1 Å². The van der Waals surface area contributed by atoms with Crippen molar-refractivity contribution in [2.75, 3.05) is 0 Å². The molecule has 0 amide bonds. The van der Waals surface area contributed by atoms with Gasteiger partial charge in [-0.2, -0.15) is 0 Å². The predicted octanol–water partition coefficient (Wildman–Crippen LogP) is 3.04. The molecule has 2 aromatic carbocycles. The number of ketones is 1. The number of benzene rings is 2. The third-order valence-electron chi connectivity index (χ3n) is 3.12. The molecule has 1 heterocycles. The monoisotopic (exact) mass is 326 g/mol. The summed E-state index contributed by atoms with van der Waals surface area (Å²) in [5.74, 6) is 0.0906. The van der Waals surface area contributed by atoms with Gasteiger partial charge in [0.2, 0.25) is 0 Å². The second kappa shape index (κ2) is 5.62. The molecule has 3 rings (SSSR count). The third kappa shape index (κ3) is 2.67. The minimum absolute atomic E-state index is 0.0906. The van der Waals surface area contributed by atoms with E-state index < -0.39 is 0 Å². The third-order valence-corrected chi connectivity index (χ3v) is 5.53. The van der Waals surface area contributed by atoms with E-state index in [-0.39, 0.29) is 20.7 Å². The van der Waals surface area contributed by atoms with Crippen molar-refractivity contribution in [1.29, 1.82) is 0 Å². The van der Waals surface area contributed by atoms with Crippen molar-refractivity contribution >= 4 is 35.2 Å². The fourth-order valence-corrected chi connectivity index (χ4v) is 4.59. The van der Waals surface area contributed by atoms with Crippen LogP contribution in [0.1, 0.15) is 18.1 Å². The molecule has 0 spiro atoms. The van der Waals surface area contributed by atoms with E-state index >= 15 is 0 Å². The summed E-state index contributed by atoms with van der Waals surface area (Å²) in [6.07, 6.45) is 3.90. The van der Waals surface area contributed by atoms with Gasteiger partial charge in [-0.1, -0.05) is 0 Å². The minimum atomic E-state index is 0.0906. The fraction of sp³-hybridized carbons (Fsp3) is 0.0556. The van der Waals surface area contributed by atoms with Gasteiger partial charge in [0.15, 0.2) is 0 Å². The maximum absolute atomic E-state index is 11.5. The average Bonchev–Trinajstić information content (AvgIpc) is 2.47. The number of fused-ring (bicyclic) bond motifs is 1. The van der Waals surface area contributed by atoms with Gasteiger partial charge in [0.25, 0.3) is 0 Å². The van der Waals surface area contributed by atoms with Crippen molar-refractivity contribution in [2.45, 2.75) is 6.92 Å². The Morgan fingerprint density at radius 2 is 1.70 bits per heavy atom. The zero-order valence-corrected chi connectivity index (χ0v) is 12.9. The molecule has 0 N–H and O–H groups in total. The van der Waals surface area contributed by atoms with Gasteiger partial charge in [0.1, 0.15) is 0 Å². The van der Waals surface area contributed by atoms with Crippen molar-refractivity contribution in [3.05, 3.63) is 77.9 Å². The standard InChI is InChI=1S/C18H14OSe/c1-13(19)11-15-12-18(14-7-3-2-4-8-14)20-17-10-6-5-9-16(15)17/h2-12H,1H3/b15-11-. The van der Waals surface area contributed by atoms with E-state index in [1.54, 1.807) is 13.0 Å². The molecule has 1 aliphatic rings. The van der Waals surface area contributed by atoms with Gasteiger partial charge in [-0.05, 0) is 0 Å². The summed E-state index contributed by atoms with van der Waals surface area (Å²) in [7, 11) is 0. The van der Waals surface area contributed by atoms with Gasteiger partial charge in [0, 0.05) is 0 Å². The molecular formula is C18H14OSe. The Bertz CT molecular complexity index is 711. The zero-order valence-electron chi connectivity index (χ0n) is 11.2. The van der Waals surface area contributed by atoms with E-state index in [4.69, 9.17) is 0 Å². The number of allylic oxidation sites excluding steroid dienone is 3. The number of hydrogen-bond donors (Lipinski definition) is 0. The summed E-state index contributed by atoms with van der Waals surface area (Å²) in [4.78, 5) is 11.5. The van der Waals surface area contributed by atoms with Gasteiger partial charge >= 0.3 is 125 Å². The second-order valence-corrected chi connectivity index (χ2v) is 6.96. The number of carbonyl (C=O) groups excluding carboxylic acids is 1. The Morgan fingerprint density at radius 1 is 1.00 bits per heavy atom. The average molecular weight is 325 g/mol. The van der Waals surface area contributed by atoms with Gasteiger partial charge in [-0.25, -0.2) is 0 Å². The Morgan fingerprint density at radius 3 is 2.45 bits per heavy atom. The molecular weight excluding hydrogens is 311 g/mol. The Kier molecular flexibility index (Phi) is 3.68. The van der Waals surface area contributed by atoms with Crippen LogP contribution in [-0.4, -0.2) is 20.7 Å². The van der Waals surface area contributed by atoms with E-state index in [0.717, 1.165) is 5.57 Å². The van der Waals surface area contributed by atoms with Crippen LogP contribution in [0.15, 0.2) is 66.7 Å². The van der Waals surface area contributed by atoms with Crippen LogP contribution in [-0.2, 0) is 4.79 Å². The van der Waals surface area contributed by atoms with Crippen LogP contribution in [0.5, 0.6) is 0 Å². The van der Waals surface area contributed by atoms with Crippen molar-refractivity contribution < 1.29 is 4.79 Å². The first kappa shape index (κ1) is 13.1.